The minimum absolute atomic E-state index is 0.0398. The van der Waals surface area contributed by atoms with Gasteiger partial charge in [0.1, 0.15) is 0 Å². The van der Waals surface area contributed by atoms with E-state index in [-0.39, 0.29) is 25.0 Å². The zero-order valence-electron chi connectivity index (χ0n) is 11.4. The molecule has 0 spiro atoms. The molecule has 0 unspecified atom stereocenters. The number of carbonyl (C=O) groups excluding carboxylic acids is 1. The Bertz CT molecular complexity index is 337. The van der Waals surface area contributed by atoms with Gasteiger partial charge in [-0.2, -0.15) is 0 Å². The summed E-state index contributed by atoms with van der Waals surface area (Å²) in [6, 6.07) is -0.229. The van der Waals surface area contributed by atoms with Gasteiger partial charge in [-0.25, -0.2) is 4.79 Å². The van der Waals surface area contributed by atoms with Crippen molar-refractivity contribution in [1.29, 1.82) is 0 Å². The summed E-state index contributed by atoms with van der Waals surface area (Å²) < 4.78 is 0. The van der Waals surface area contributed by atoms with Crippen LogP contribution in [0.5, 0.6) is 0 Å². The van der Waals surface area contributed by atoms with Gasteiger partial charge in [0.05, 0.1) is 18.1 Å². The molecule has 1 rings (SSSR count). The first kappa shape index (κ1) is 14.8. The molecular weight excluding hydrogens is 236 g/mol. The summed E-state index contributed by atoms with van der Waals surface area (Å²) in [6.07, 6.45) is 0. The van der Waals surface area contributed by atoms with Crippen LogP contribution >= 0.6 is 0 Å². The molecule has 2 amide bonds. The van der Waals surface area contributed by atoms with Crippen molar-refractivity contribution < 1.29 is 19.8 Å². The van der Waals surface area contributed by atoms with Crippen LogP contribution in [-0.2, 0) is 4.79 Å². The number of carboxylic acids is 1. The predicted octanol–water partition coefficient (Wildman–Crippen LogP) is 0.462. The number of nitrogens with zero attached hydrogens (tertiary/aromatic N) is 2. The summed E-state index contributed by atoms with van der Waals surface area (Å²) in [5.74, 6) is -1.39. The Kier molecular flexibility index (Phi) is 4.21. The maximum Gasteiger partial charge on any atom is 0.319 e. The summed E-state index contributed by atoms with van der Waals surface area (Å²) in [5, 5.41) is 18.7. The molecule has 1 fully saturated rings. The molecule has 0 aliphatic carbocycles. The van der Waals surface area contributed by atoms with Crippen molar-refractivity contribution in [2.45, 2.75) is 26.4 Å². The fourth-order valence-electron chi connectivity index (χ4n) is 2.33. The van der Waals surface area contributed by atoms with E-state index in [1.165, 1.54) is 9.80 Å². The highest BCUT2D eigenvalue weighted by Gasteiger charge is 2.38. The number of likely N-dealkylation sites (N-methyl/N-ethyl adjacent to an activating group) is 1. The first-order valence-electron chi connectivity index (χ1n) is 6.07. The smallest absolute Gasteiger partial charge is 0.319 e. The maximum atomic E-state index is 12.1. The summed E-state index contributed by atoms with van der Waals surface area (Å²) >= 11 is 0. The molecule has 2 N–H and O–H groups in total. The van der Waals surface area contributed by atoms with E-state index in [4.69, 9.17) is 5.11 Å². The van der Waals surface area contributed by atoms with Gasteiger partial charge < -0.3 is 20.0 Å². The number of carbonyl (C=O) groups is 2. The van der Waals surface area contributed by atoms with E-state index in [0.29, 0.717) is 6.54 Å². The minimum Gasteiger partial charge on any atom is -0.481 e. The van der Waals surface area contributed by atoms with Crippen molar-refractivity contribution in [3.8, 4) is 0 Å². The lowest BCUT2D eigenvalue weighted by atomic mass is 9.99. The Morgan fingerprint density at radius 2 is 1.94 bits per heavy atom. The standard InChI is InChI=1S/C12H22N2O4/c1-8-5-14(6-9(8)10(15)16)11(17)13(4)7-12(2,3)18/h8-9,18H,5-7H2,1-4H3,(H,15,16)/t8-,9-/m1/s1. The monoisotopic (exact) mass is 258 g/mol. The van der Waals surface area contributed by atoms with Gasteiger partial charge in [0, 0.05) is 20.1 Å². The van der Waals surface area contributed by atoms with Crippen molar-refractivity contribution in [2.75, 3.05) is 26.7 Å². The summed E-state index contributed by atoms with van der Waals surface area (Å²) in [7, 11) is 1.61. The lowest BCUT2D eigenvalue weighted by Gasteiger charge is -2.29. The molecule has 1 saturated heterocycles. The highest BCUT2D eigenvalue weighted by Crippen LogP contribution is 2.24. The van der Waals surface area contributed by atoms with Crippen molar-refractivity contribution in [3.05, 3.63) is 0 Å². The topological polar surface area (TPSA) is 81.1 Å². The Labute approximate surface area is 107 Å². The van der Waals surface area contributed by atoms with Crippen molar-refractivity contribution in [2.24, 2.45) is 11.8 Å². The van der Waals surface area contributed by atoms with Gasteiger partial charge in [-0.1, -0.05) is 6.92 Å². The van der Waals surface area contributed by atoms with Crippen LogP contribution in [0.2, 0.25) is 0 Å². The maximum absolute atomic E-state index is 12.1. The lowest BCUT2D eigenvalue weighted by molar-refractivity contribution is -0.142. The van der Waals surface area contributed by atoms with Crippen molar-refractivity contribution in [1.82, 2.24) is 9.80 Å². The van der Waals surface area contributed by atoms with E-state index >= 15 is 0 Å². The van der Waals surface area contributed by atoms with Crippen LogP contribution in [-0.4, -0.2) is 64.3 Å². The molecule has 1 aliphatic heterocycles. The van der Waals surface area contributed by atoms with Crippen molar-refractivity contribution in [3.63, 3.8) is 0 Å². The van der Waals surface area contributed by atoms with Gasteiger partial charge in [0.25, 0.3) is 0 Å². The van der Waals surface area contributed by atoms with E-state index in [1.807, 2.05) is 6.92 Å². The number of carboxylic acid groups (broad SMARTS) is 1. The number of urea groups is 1. The molecular formula is C12H22N2O4. The highest BCUT2D eigenvalue weighted by molar-refractivity contribution is 5.77. The summed E-state index contributed by atoms with van der Waals surface area (Å²) in [5.41, 5.74) is -0.956. The third-order valence-corrected chi connectivity index (χ3v) is 3.15. The van der Waals surface area contributed by atoms with Gasteiger partial charge >= 0.3 is 12.0 Å². The van der Waals surface area contributed by atoms with Crippen LogP contribution in [0.1, 0.15) is 20.8 Å². The van der Waals surface area contributed by atoms with Crippen LogP contribution < -0.4 is 0 Å². The van der Waals surface area contributed by atoms with E-state index in [0.717, 1.165) is 0 Å². The molecule has 104 valence electrons. The predicted molar refractivity (Wildman–Crippen MR) is 66.2 cm³/mol. The van der Waals surface area contributed by atoms with Gasteiger partial charge in [0.2, 0.25) is 0 Å². The van der Waals surface area contributed by atoms with Gasteiger partial charge in [0.15, 0.2) is 0 Å². The summed E-state index contributed by atoms with van der Waals surface area (Å²) in [6.45, 7) is 6.00. The van der Waals surface area contributed by atoms with Gasteiger partial charge in [-0.15, -0.1) is 0 Å². The fourth-order valence-corrected chi connectivity index (χ4v) is 2.33. The van der Waals surface area contributed by atoms with Crippen LogP contribution in [0.15, 0.2) is 0 Å². The van der Waals surface area contributed by atoms with E-state index < -0.39 is 17.5 Å². The molecule has 0 aromatic rings. The highest BCUT2D eigenvalue weighted by atomic mass is 16.4. The number of amides is 2. The molecule has 0 radical (unpaired) electrons. The van der Waals surface area contributed by atoms with E-state index in [2.05, 4.69) is 0 Å². The Morgan fingerprint density at radius 1 is 1.39 bits per heavy atom. The first-order valence-corrected chi connectivity index (χ1v) is 6.07. The number of aliphatic carboxylic acids is 1. The minimum atomic E-state index is -0.956. The van der Waals surface area contributed by atoms with E-state index in [1.54, 1.807) is 20.9 Å². The Hall–Kier alpha value is -1.30. The van der Waals surface area contributed by atoms with E-state index in [9.17, 15) is 14.7 Å². The molecule has 0 saturated carbocycles. The Morgan fingerprint density at radius 3 is 2.33 bits per heavy atom. The fraction of sp³-hybridized carbons (Fsp3) is 0.833. The number of aliphatic hydroxyl groups is 1. The molecule has 0 aromatic heterocycles. The van der Waals surface area contributed by atoms with Crippen LogP contribution in [0, 0.1) is 11.8 Å². The van der Waals surface area contributed by atoms with Crippen molar-refractivity contribution >= 4 is 12.0 Å². The molecule has 1 aliphatic rings. The zero-order valence-corrected chi connectivity index (χ0v) is 11.4. The second-order valence-corrected chi connectivity index (χ2v) is 5.78. The van der Waals surface area contributed by atoms with Crippen LogP contribution in [0.3, 0.4) is 0 Å². The molecule has 0 aromatic carbocycles. The van der Waals surface area contributed by atoms with Gasteiger partial charge in [-0.05, 0) is 19.8 Å². The van der Waals surface area contributed by atoms with Crippen LogP contribution in [0.25, 0.3) is 0 Å². The Balaban J connectivity index is 2.62. The normalized spacial score (nSPS) is 24.2. The molecule has 0 bridgehead atoms. The lowest BCUT2D eigenvalue weighted by Crippen LogP contribution is -2.46. The average molecular weight is 258 g/mol. The number of likely N-dealkylation sites (tertiary alicyclic amines) is 1. The largest absolute Gasteiger partial charge is 0.481 e. The first-order chi connectivity index (χ1) is 8.11. The summed E-state index contributed by atoms with van der Waals surface area (Å²) in [4.78, 5) is 26.0. The second-order valence-electron chi connectivity index (χ2n) is 5.78. The molecule has 6 nitrogen and oxygen atoms in total. The SMILES string of the molecule is C[C@@H]1CN(C(=O)N(C)CC(C)(C)O)C[C@H]1C(=O)O. The molecule has 6 heteroatoms. The van der Waals surface area contributed by atoms with Crippen LogP contribution in [0.4, 0.5) is 4.79 Å². The zero-order chi connectivity index (χ0) is 14.1. The van der Waals surface area contributed by atoms with Gasteiger partial charge in [-0.3, -0.25) is 4.79 Å². The third kappa shape index (κ3) is 3.60. The number of hydrogen-bond acceptors (Lipinski definition) is 3. The third-order valence-electron chi connectivity index (χ3n) is 3.15. The quantitative estimate of drug-likeness (QED) is 0.770. The average Bonchev–Trinajstić information content (AvgIpc) is 2.56. The number of hydrogen-bond donors (Lipinski definition) is 2. The second kappa shape index (κ2) is 5.14. The molecule has 2 atom stereocenters. The number of rotatable bonds is 3. The molecule has 18 heavy (non-hydrogen) atoms. The molecule has 1 heterocycles.